The monoisotopic (exact) mass is 197 g/mol. The van der Waals surface area contributed by atoms with Crippen molar-refractivity contribution in [1.29, 1.82) is 0 Å². The van der Waals surface area contributed by atoms with E-state index in [-0.39, 0.29) is 0 Å². The van der Waals surface area contributed by atoms with E-state index in [1.807, 2.05) is 0 Å². The molecule has 0 aromatic carbocycles. The normalized spacial score (nSPS) is 28.8. The fourth-order valence-corrected chi connectivity index (χ4v) is 2.15. The minimum atomic E-state index is 0.444. The highest BCUT2D eigenvalue weighted by molar-refractivity contribution is 5.06. The molecule has 0 aromatic rings. The van der Waals surface area contributed by atoms with Gasteiger partial charge in [0.2, 0.25) is 0 Å². The molecule has 1 aliphatic heterocycles. The first kappa shape index (κ1) is 9.99. The van der Waals surface area contributed by atoms with Crippen molar-refractivity contribution in [2.75, 3.05) is 33.4 Å². The van der Waals surface area contributed by atoms with Crippen LogP contribution in [0.5, 0.6) is 0 Å². The van der Waals surface area contributed by atoms with Crippen molar-refractivity contribution < 1.29 is 9.47 Å². The first-order valence-corrected chi connectivity index (χ1v) is 5.44. The van der Waals surface area contributed by atoms with E-state index < -0.39 is 0 Å². The average Bonchev–Trinajstić information content (AvgIpc) is 2.30. The van der Waals surface area contributed by atoms with Gasteiger partial charge in [-0.15, -0.1) is 0 Å². The molecule has 1 saturated heterocycles. The summed E-state index contributed by atoms with van der Waals surface area (Å²) in [5, 5.41) is 0. The van der Waals surface area contributed by atoms with E-state index in [2.05, 4.69) is 11.0 Å². The highest BCUT2D eigenvalue weighted by atomic mass is 16.5. The molecule has 2 rings (SSSR count). The predicted molar refractivity (Wildman–Crippen MR) is 55.1 cm³/mol. The van der Waals surface area contributed by atoms with Crippen molar-refractivity contribution in [3.05, 3.63) is 11.8 Å². The molecule has 0 N–H and O–H groups in total. The van der Waals surface area contributed by atoms with Crippen LogP contribution in [0.2, 0.25) is 0 Å². The van der Waals surface area contributed by atoms with E-state index in [1.54, 1.807) is 7.11 Å². The lowest BCUT2D eigenvalue weighted by Crippen LogP contribution is -2.36. The Balaban J connectivity index is 1.88. The van der Waals surface area contributed by atoms with Crippen LogP contribution >= 0.6 is 0 Å². The largest absolute Gasteiger partial charge is 0.381 e. The van der Waals surface area contributed by atoms with Gasteiger partial charge in [-0.1, -0.05) is 6.08 Å². The van der Waals surface area contributed by atoms with E-state index in [9.17, 15) is 0 Å². The zero-order valence-electron chi connectivity index (χ0n) is 8.87. The lowest BCUT2D eigenvalue weighted by atomic mass is 10.0. The third-order valence-corrected chi connectivity index (χ3v) is 3.09. The maximum atomic E-state index is 5.34. The smallest absolute Gasteiger partial charge is 0.0642 e. The van der Waals surface area contributed by atoms with Gasteiger partial charge in [0, 0.05) is 25.9 Å². The van der Waals surface area contributed by atoms with Gasteiger partial charge in [-0.3, -0.25) is 0 Å². The molecule has 2 aliphatic rings. The van der Waals surface area contributed by atoms with E-state index in [0.29, 0.717) is 6.10 Å². The van der Waals surface area contributed by atoms with Crippen molar-refractivity contribution in [3.63, 3.8) is 0 Å². The lowest BCUT2D eigenvalue weighted by molar-refractivity contribution is 0.0452. The van der Waals surface area contributed by atoms with Gasteiger partial charge in [-0.05, 0) is 19.3 Å². The molecule has 1 fully saturated rings. The van der Waals surface area contributed by atoms with E-state index in [0.717, 1.165) is 32.7 Å². The highest BCUT2D eigenvalue weighted by Crippen LogP contribution is 2.23. The number of nitrogens with zero attached hydrogens (tertiary/aromatic N) is 1. The van der Waals surface area contributed by atoms with Crippen molar-refractivity contribution >= 4 is 0 Å². The van der Waals surface area contributed by atoms with Crippen LogP contribution in [0.1, 0.15) is 19.3 Å². The van der Waals surface area contributed by atoms with Crippen molar-refractivity contribution in [3.8, 4) is 0 Å². The summed E-state index contributed by atoms with van der Waals surface area (Å²) < 4.78 is 10.7. The molecule has 3 heteroatoms. The van der Waals surface area contributed by atoms with Gasteiger partial charge >= 0.3 is 0 Å². The number of morpholine rings is 1. The molecule has 1 aliphatic carbocycles. The molecule has 80 valence electrons. The van der Waals surface area contributed by atoms with Crippen molar-refractivity contribution in [1.82, 2.24) is 4.90 Å². The summed E-state index contributed by atoms with van der Waals surface area (Å²) in [6.45, 7) is 3.88. The van der Waals surface area contributed by atoms with Gasteiger partial charge < -0.3 is 14.4 Å². The van der Waals surface area contributed by atoms with Gasteiger partial charge in [0.15, 0.2) is 0 Å². The minimum absolute atomic E-state index is 0.444. The summed E-state index contributed by atoms with van der Waals surface area (Å²) in [5.74, 6) is 0. The predicted octanol–water partition coefficient (Wildman–Crippen LogP) is 1.40. The quantitative estimate of drug-likeness (QED) is 0.668. The summed E-state index contributed by atoms with van der Waals surface area (Å²) in [5.41, 5.74) is 1.50. The maximum absolute atomic E-state index is 5.34. The fourth-order valence-electron chi connectivity index (χ4n) is 2.15. The average molecular weight is 197 g/mol. The number of rotatable bonds is 2. The first-order chi connectivity index (χ1) is 6.90. The van der Waals surface area contributed by atoms with Gasteiger partial charge in [0.25, 0.3) is 0 Å². The zero-order valence-corrected chi connectivity index (χ0v) is 8.87. The topological polar surface area (TPSA) is 21.7 Å². The van der Waals surface area contributed by atoms with Crippen LogP contribution in [0.25, 0.3) is 0 Å². The van der Waals surface area contributed by atoms with Gasteiger partial charge in [-0.25, -0.2) is 0 Å². The SMILES string of the molecule is COC1CC=C(N2CCOCC2)CC1. The Morgan fingerprint density at radius 3 is 2.79 bits per heavy atom. The molecule has 14 heavy (non-hydrogen) atoms. The van der Waals surface area contributed by atoms with Gasteiger partial charge in [-0.2, -0.15) is 0 Å². The number of ether oxygens (including phenoxy) is 2. The Labute approximate surface area is 85.7 Å². The second kappa shape index (κ2) is 4.80. The van der Waals surface area contributed by atoms with E-state index in [1.165, 1.54) is 18.5 Å². The standard InChI is InChI=1S/C11H19NO2/c1-13-11-4-2-10(3-5-11)12-6-8-14-9-7-12/h2,11H,3-9H2,1H3. The molecule has 1 atom stereocenters. The number of hydrogen-bond acceptors (Lipinski definition) is 3. The first-order valence-electron chi connectivity index (χ1n) is 5.44. The molecule has 1 unspecified atom stereocenters. The molecular weight excluding hydrogens is 178 g/mol. The molecule has 1 heterocycles. The van der Waals surface area contributed by atoms with Crippen LogP contribution in [0.3, 0.4) is 0 Å². The van der Waals surface area contributed by atoms with Gasteiger partial charge in [0.05, 0.1) is 19.3 Å². The molecule has 3 nitrogen and oxygen atoms in total. The molecule has 0 radical (unpaired) electrons. The summed E-state index contributed by atoms with van der Waals surface area (Å²) in [7, 11) is 1.80. The number of hydrogen-bond donors (Lipinski definition) is 0. The minimum Gasteiger partial charge on any atom is -0.381 e. The lowest BCUT2D eigenvalue weighted by Gasteiger charge is -2.34. The van der Waals surface area contributed by atoms with E-state index in [4.69, 9.17) is 9.47 Å². The Hall–Kier alpha value is -0.540. The van der Waals surface area contributed by atoms with Crippen molar-refractivity contribution in [2.24, 2.45) is 0 Å². The third kappa shape index (κ3) is 2.28. The Kier molecular flexibility index (Phi) is 3.43. The number of allylic oxidation sites excluding steroid dienone is 1. The van der Waals surface area contributed by atoms with Crippen LogP contribution in [-0.2, 0) is 9.47 Å². The maximum Gasteiger partial charge on any atom is 0.0642 e. The summed E-state index contributed by atoms with van der Waals surface area (Å²) in [6.07, 6.45) is 6.18. The Morgan fingerprint density at radius 1 is 1.43 bits per heavy atom. The van der Waals surface area contributed by atoms with Crippen LogP contribution < -0.4 is 0 Å². The Morgan fingerprint density at radius 2 is 2.21 bits per heavy atom. The van der Waals surface area contributed by atoms with Gasteiger partial charge in [0.1, 0.15) is 0 Å². The van der Waals surface area contributed by atoms with Crippen LogP contribution in [0.4, 0.5) is 0 Å². The van der Waals surface area contributed by atoms with Crippen molar-refractivity contribution in [2.45, 2.75) is 25.4 Å². The molecule has 0 spiro atoms. The highest BCUT2D eigenvalue weighted by Gasteiger charge is 2.19. The summed E-state index contributed by atoms with van der Waals surface area (Å²) in [4.78, 5) is 2.45. The van der Waals surface area contributed by atoms with Crippen LogP contribution in [0.15, 0.2) is 11.8 Å². The third-order valence-electron chi connectivity index (χ3n) is 3.09. The summed E-state index contributed by atoms with van der Waals surface area (Å²) >= 11 is 0. The molecule has 0 amide bonds. The number of methoxy groups -OCH3 is 1. The Bertz CT molecular complexity index is 209. The molecule has 0 aromatic heterocycles. The van der Waals surface area contributed by atoms with E-state index >= 15 is 0 Å². The van der Waals surface area contributed by atoms with Crippen LogP contribution in [0, 0.1) is 0 Å². The molecular formula is C11H19NO2. The van der Waals surface area contributed by atoms with Crippen LogP contribution in [-0.4, -0.2) is 44.4 Å². The fraction of sp³-hybridized carbons (Fsp3) is 0.818. The second-order valence-electron chi connectivity index (χ2n) is 3.93. The molecule has 0 saturated carbocycles. The second-order valence-corrected chi connectivity index (χ2v) is 3.93. The zero-order chi connectivity index (χ0) is 9.80. The molecule has 0 bridgehead atoms. The summed E-state index contributed by atoms with van der Waals surface area (Å²) in [6, 6.07) is 0.